The molecule has 2 aliphatic rings. The predicted molar refractivity (Wildman–Crippen MR) is 74.0 cm³/mol. The minimum absolute atomic E-state index is 0.00646. The van der Waals surface area contributed by atoms with Crippen LogP contribution in [0.15, 0.2) is 12.2 Å². The number of rotatable bonds is 4. The summed E-state index contributed by atoms with van der Waals surface area (Å²) in [6.45, 7) is 3.14. The molecule has 0 aromatic rings. The molecule has 3 nitrogen and oxygen atoms in total. The summed E-state index contributed by atoms with van der Waals surface area (Å²) < 4.78 is 0. The van der Waals surface area contributed by atoms with Crippen molar-refractivity contribution in [3.8, 4) is 0 Å². The van der Waals surface area contributed by atoms with Gasteiger partial charge in [0.2, 0.25) is 5.91 Å². The van der Waals surface area contributed by atoms with Crippen molar-refractivity contribution >= 4 is 5.91 Å². The van der Waals surface area contributed by atoms with Crippen molar-refractivity contribution in [1.82, 2.24) is 5.32 Å². The molecule has 1 saturated carbocycles. The van der Waals surface area contributed by atoms with Crippen molar-refractivity contribution in [1.29, 1.82) is 0 Å². The van der Waals surface area contributed by atoms with Crippen LogP contribution in [0, 0.1) is 17.8 Å². The van der Waals surface area contributed by atoms with Gasteiger partial charge in [-0.1, -0.05) is 38.3 Å². The van der Waals surface area contributed by atoms with E-state index in [2.05, 4.69) is 12.2 Å². The van der Waals surface area contributed by atoms with Gasteiger partial charge >= 0.3 is 0 Å². The number of amides is 1. The van der Waals surface area contributed by atoms with Gasteiger partial charge in [0.15, 0.2) is 0 Å². The Morgan fingerprint density at radius 3 is 2.44 bits per heavy atom. The molecule has 2 aliphatic carbocycles. The van der Waals surface area contributed by atoms with E-state index >= 15 is 0 Å². The van der Waals surface area contributed by atoms with Crippen molar-refractivity contribution < 1.29 is 4.79 Å². The molecule has 2 atom stereocenters. The first-order chi connectivity index (χ1) is 8.69. The summed E-state index contributed by atoms with van der Waals surface area (Å²) in [7, 11) is 0. The summed E-state index contributed by atoms with van der Waals surface area (Å²) in [6.07, 6.45) is 11.2. The zero-order valence-corrected chi connectivity index (χ0v) is 11.4. The molecule has 0 aromatic heterocycles. The third-order valence-corrected chi connectivity index (χ3v) is 4.56. The average Bonchev–Trinajstić information content (AvgIpc) is 2.83. The van der Waals surface area contributed by atoms with Gasteiger partial charge in [-0.3, -0.25) is 4.79 Å². The van der Waals surface area contributed by atoms with Crippen LogP contribution in [-0.4, -0.2) is 18.5 Å². The lowest BCUT2D eigenvalue weighted by Crippen LogP contribution is -2.35. The summed E-state index contributed by atoms with van der Waals surface area (Å²) in [4.78, 5) is 11.9. The fraction of sp³-hybridized carbons (Fsp3) is 0.800. The number of hydrogen-bond donors (Lipinski definition) is 2. The zero-order chi connectivity index (χ0) is 13.0. The van der Waals surface area contributed by atoms with Gasteiger partial charge < -0.3 is 11.1 Å². The lowest BCUT2D eigenvalue weighted by Gasteiger charge is -2.28. The van der Waals surface area contributed by atoms with E-state index in [-0.39, 0.29) is 17.9 Å². The number of hydrogen-bond acceptors (Lipinski definition) is 2. The van der Waals surface area contributed by atoms with Crippen molar-refractivity contribution in [2.45, 2.75) is 51.5 Å². The van der Waals surface area contributed by atoms with Crippen LogP contribution >= 0.6 is 0 Å². The van der Waals surface area contributed by atoms with Gasteiger partial charge in [0, 0.05) is 12.6 Å². The van der Waals surface area contributed by atoms with E-state index in [1.165, 1.54) is 32.1 Å². The minimum Gasteiger partial charge on any atom is -0.355 e. The SMILES string of the molecule is CCC1CCC(CNC(=O)C2C=CC(N)C2)CC1. The Morgan fingerprint density at radius 1 is 1.22 bits per heavy atom. The quantitative estimate of drug-likeness (QED) is 0.752. The van der Waals surface area contributed by atoms with E-state index in [9.17, 15) is 4.79 Å². The highest BCUT2D eigenvalue weighted by molar-refractivity contribution is 5.81. The molecule has 1 fully saturated rings. The molecule has 0 aliphatic heterocycles. The van der Waals surface area contributed by atoms with Gasteiger partial charge in [-0.05, 0) is 31.1 Å². The molecule has 0 spiro atoms. The summed E-state index contributed by atoms with van der Waals surface area (Å²) in [5.74, 6) is 1.78. The van der Waals surface area contributed by atoms with Crippen LogP contribution in [0.4, 0.5) is 0 Å². The van der Waals surface area contributed by atoms with Crippen molar-refractivity contribution in [3.05, 3.63) is 12.2 Å². The van der Waals surface area contributed by atoms with Gasteiger partial charge in [-0.2, -0.15) is 0 Å². The van der Waals surface area contributed by atoms with Crippen LogP contribution in [0.2, 0.25) is 0 Å². The third kappa shape index (κ3) is 3.58. The van der Waals surface area contributed by atoms with Gasteiger partial charge in [0.05, 0.1) is 5.92 Å². The normalized spacial score (nSPS) is 35.7. The molecular weight excluding hydrogens is 224 g/mol. The van der Waals surface area contributed by atoms with Crippen LogP contribution in [0.1, 0.15) is 45.4 Å². The van der Waals surface area contributed by atoms with Crippen molar-refractivity contribution in [3.63, 3.8) is 0 Å². The highest BCUT2D eigenvalue weighted by Crippen LogP contribution is 2.30. The van der Waals surface area contributed by atoms with E-state index in [4.69, 9.17) is 5.73 Å². The van der Waals surface area contributed by atoms with Gasteiger partial charge in [-0.25, -0.2) is 0 Å². The first-order valence-electron chi connectivity index (χ1n) is 7.40. The van der Waals surface area contributed by atoms with E-state index in [0.717, 1.165) is 18.9 Å². The first kappa shape index (κ1) is 13.6. The van der Waals surface area contributed by atoms with E-state index in [1.807, 2.05) is 12.2 Å². The molecule has 2 unspecified atom stereocenters. The number of nitrogens with one attached hydrogen (secondary N) is 1. The highest BCUT2D eigenvalue weighted by Gasteiger charge is 2.24. The maximum Gasteiger partial charge on any atom is 0.227 e. The second-order valence-corrected chi connectivity index (χ2v) is 5.93. The van der Waals surface area contributed by atoms with E-state index in [0.29, 0.717) is 5.92 Å². The van der Waals surface area contributed by atoms with Crippen molar-refractivity contribution in [2.24, 2.45) is 23.5 Å². The summed E-state index contributed by atoms with van der Waals surface area (Å²) in [5.41, 5.74) is 5.77. The third-order valence-electron chi connectivity index (χ3n) is 4.56. The monoisotopic (exact) mass is 250 g/mol. The maximum absolute atomic E-state index is 11.9. The molecule has 1 amide bonds. The molecule has 0 aromatic carbocycles. The first-order valence-corrected chi connectivity index (χ1v) is 7.40. The molecule has 2 rings (SSSR count). The molecular formula is C15H26N2O. The van der Waals surface area contributed by atoms with Crippen LogP contribution in [0.5, 0.6) is 0 Å². The van der Waals surface area contributed by atoms with E-state index < -0.39 is 0 Å². The number of carbonyl (C=O) groups excluding carboxylic acids is 1. The van der Waals surface area contributed by atoms with Gasteiger partial charge in [0.25, 0.3) is 0 Å². The van der Waals surface area contributed by atoms with Crippen molar-refractivity contribution in [2.75, 3.05) is 6.54 Å². The minimum atomic E-state index is 0.00646. The molecule has 18 heavy (non-hydrogen) atoms. The summed E-state index contributed by atoms with van der Waals surface area (Å²) in [6, 6.07) is 0.0701. The topological polar surface area (TPSA) is 55.1 Å². The van der Waals surface area contributed by atoms with Gasteiger partial charge in [0.1, 0.15) is 0 Å². The number of nitrogens with two attached hydrogens (primary N) is 1. The van der Waals surface area contributed by atoms with Crippen LogP contribution in [0.3, 0.4) is 0 Å². The lowest BCUT2D eigenvalue weighted by atomic mass is 9.81. The molecule has 102 valence electrons. The fourth-order valence-electron chi connectivity index (χ4n) is 3.14. The molecule has 0 saturated heterocycles. The molecule has 3 N–H and O–H groups in total. The van der Waals surface area contributed by atoms with Crippen LogP contribution < -0.4 is 11.1 Å². The predicted octanol–water partition coefficient (Wildman–Crippen LogP) is 2.22. The molecule has 0 radical (unpaired) electrons. The Labute approximate surface area is 110 Å². The Bertz CT molecular complexity index is 306. The van der Waals surface area contributed by atoms with Gasteiger partial charge in [-0.15, -0.1) is 0 Å². The standard InChI is InChI=1S/C15H26N2O/c1-2-11-3-5-12(6-4-11)10-17-15(18)13-7-8-14(16)9-13/h7-8,11-14H,2-6,9-10,16H2,1H3,(H,17,18). The summed E-state index contributed by atoms with van der Waals surface area (Å²) >= 11 is 0. The molecule has 0 heterocycles. The maximum atomic E-state index is 11.9. The van der Waals surface area contributed by atoms with Crippen LogP contribution in [-0.2, 0) is 4.79 Å². The Hall–Kier alpha value is -0.830. The smallest absolute Gasteiger partial charge is 0.227 e. The Balaban J connectivity index is 1.66. The zero-order valence-electron chi connectivity index (χ0n) is 11.4. The average molecular weight is 250 g/mol. The molecule has 0 bridgehead atoms. The Kier molecular flexibility index (Phi) is 4.81. The summed E-state index contributed by atoms with van der Waals surface area (Å²) in [5, 5.41) is 3.10. The second kappa shape index (κ2) is 6.37. The highest BCUT2D eigenvalue weighted by atomic mass is 16.1. The number of carbonyl (C=O) groups is 1. The molecule has 3 heteroatoms. The lowest BCUT2D eigenvalue weighted by molar-refractivity contribution is -0.123. The fourth-order valence-corrected chi connectivity index (χ4v) is 3.14. The second-order valence-electron chi connectivity index (χ2n) is 5.93. The van der Waals surface area contributed by atoms with E-state index in [1.54, 1.807) is 0 Å². The largest absolute Gasteiger partial charge is 0.355 e. The van der Waals surface area contributed by atoms with Crippen LogP contribution in [0.25, 0.3) is 0 Å². The Morgan fingerprint density at radius 2 is 1.89 bits per heavy atom.